The summed E-state index contributed by atoms with van der Waals surface area (Å²) in [7, 11) is 0. The van der Waals surface area contributed by atoms with Gasteiger partial charge in [-0.05, 0) is 63.4 Å². The Morgan fingerprint density at radius 2 is 1.08 bits per heavy atom. The van der Waals surface area contributed by atoms with Crippen LogP contribution in [0, 0.1) is 0 Å². The van der Waals surface area contributed by atoms with E-state index in [1.165, 1.54) is 33.4 Å². The second-order valence-corrected chi connectivity index (χ2v) is 8.05. The van der Waals surface area contributed by atoms with Crippen LogP contribution >= 0.6 is 25.3 Å². The fourth-order valence-corrected chi connectivity index (χ4v) is 4.58. The molecule has 1 aliphatic rings. The highest BCUT2D eigenvalue weighted by Crippen LogP contribution is 2.56. The zero-order chi connectivity index (χ0) is 27.7. The lowest BCUT2D eigenvalue weighted by Crippen LogP contribution is -2.29. The minimum absolute atomic E-state index is 0.386. The molecule has 36 heavy (non-hydrogen) atoms. The molecule has 3 aromatic carbocycles. The van der Waals surface area contributed by atoms with Gasteiger partial charge in [0, 0.05) is 4.90 Å². The molecule has 0 radical (unpaired) electrons. The van der Waals surface area contributed by atoms with Crippen LogP contribution in [0.15, 0.2) is 113 Å². The van der Waals surface area contributed by atoms with Gasteiger partial charge in [-0.2, -0.15) is 0 Å². The van der Waals surface area contributed by atoms with Gasteiger partial charge in [0.15, 0.2) is 0 Å². The molecule has 0 fully saturated rings. The van der Waals surface area contributed by atoms with Crippen molar-refractivity contribution in [1.82, 2.24) is 0 Å². The number of fused-ring (bicyclic) bond motifs is 3. The first-order chi connectivity index (χ1) is 17.6. The molecule has 0 N–H and O–H groups in total. The number of benzene rings is 3. The molecule has 0 aromatic heterocycles. The molecular formula is C34H46S2. The largest absolute Gasteiger partial charge is 0.144 e. The van der Waals surface area contributed by atoms with Crippen molar-refractivity contribution in [3.05, 3.63) is 125 Å². The number of thiol groups is 2. The fourth-order valence-electron chi connectivity index (χ4n) is 4.36. The Labute approximate surface area is 233 Å². The highest BCUT2D eigenvalue weighted by molar-refractivity contribution is 7.84. The lowest BCUT2D eigenvalue weighted by Gasteiger charge is -2.34. The highest BCUT2D eigenvalue weighted by Gasteiger charge is 2.46. The predicted molar refractivity (Wildman–Crippen MR) is 172 cm³/mol. The fraction of sp³-hybridized carbons (Fsp3) is 0.294. The zero-order valence-corrected chi connectivity index (χ0v) is 25.6. The normalized spacial score (nSPS) is 12.1. The number of hydrogen-bond acceptors (Lipinski definition) is 2. The Balaban J connectivity index is 0.00000140. The van der Waals surface area contributed by atoms with Crippen LogP contribution < -0.4 is 0 Å². The molecule has 0 spiro atoms. The van der Waals surface area contributed by atoms with Crippen molar-refractivity contribution >= 4 is 25.3 Å². The smallest absolute Gasteiger partial charge is 0.0710 e. The van der Waals surface area contributed by atoms with E-state index in [1.807, 2.05) is 61.5 Å². The average molecular weight is 519 g/mol. The summed E-state index contributed by atoms with van der Waals surface area (Å²) in [5.74, 6) is 0. The van der Waals surface area contributed by atoms with E-state index in [1.54, 1.807) is 0 Å². The summed E-state index contributed by atoms with van der Waals surface area (Å²) in [6.07, 6.45) is 6.31. The van der Waals surface area contributed by atoms with Crippen LogP contribution in [-0.4, -0.2) is 0 Å². The SMILES string of the molecule is C=C(S)/C=C\C(=C/C)C1(c2ccc(S)cc2)c2ccccc2-c2ccccc21.CC.CC.CC.CC. The lowest BCUT2D eigenvalue weighted by atomic mass is 9.67. The molecule has 3 aromatic rings. The quantitative estimate of drug-likeness (QED) is 0.249. The summed E-state index contributed by atoms with van der Waals surface area (Å²) in [6, 6.07) is 25.9. The van der Waals surface area contributed by atoms with E-state index in [0.717, 1.165) is 9.80 Å². The first-order valence-corrected chi connectivity index (χ1v) is 14.2. The van der Waals surface area contributed by atoms with Crippen molar-refractivity contribution in [1.29, 1.82) is 0 Å². The van der Waals surface area contributed by atoms with Gasteiger partial charge < -0.3 is 0 Å². The molecule has 0 unspecified atom stereocenters. The van der Waals surface area contributed by atoms with Gasteiger partial charge >= 0.3 is 0 Å². The Morgan fingerprint density at radius 3 is 1.47 bits per heavy atom. The number of allylic oxidation sites excluding steroid dienone is 4. The third-order valence-electron chi connectivity index (χ3n) is 5.45. The van der Waals surface area contributed by atoms with Gasteiger partial charge in [0.05, 0.1) is 5.41 Å². The Morgan fingerprint density at radius 1 is 0.667 bits per heavy atom. The predicted octanol–water partition coefficient (Wildman–Crippen LogP) is 11.3. The zero-order valence-electron chi connectivity index (χ0n) is 23.8. The molecule has 0 amide bonds. The Kier molecular flexibility index (Phi) is 16.7. The summed E-state index contributed by atoms with van der Waals surface area (Å²) >= 11 is 8.88. The van der Waals surface area contributed by atoms with Crippen LogP contribution in [0.25, 0.3) is 11.1 Å². The molecular weight excluding hydrogens is 473 g/mol. The van der Waals surface area contributed by atoms with Crippen molar-refractivity contribution in [2.75, 3.05) is 0 Å². The average Bonchev–Trinajstić information content (AvgIpc) is 3.25. The Hall–Kier alpha value is -2.42. The second kappa shape index (κ2) is 17.9. The van der Waals surface area contributed by atoms with Gasteiger partial charge in [-0.25, -0.2) is 0 Å². The van der Waals surface area contributed by atoms with E-state index in [-0.39, 0.29) is 5.41 Å². The topological polar surface area (TPSA) is 0 Å². The summed E-state index contributed by atoms with van der Waals surface area (Å²) in [5, 5.41) is 0. The van der Waals surface area contributed by atoms with Crippen molar-refractivity contribution in [2.24, 2.45) is 0 Å². The lowest BCUT2D eigenvalue weighted by molar-refractivity contribution is 0.764. The minimum Gasteiger partial charge on any atom is -0.144 e. The molecule has 0 aliphatic heterocycles. The van der Waals surface area contributed by atoms with Crippen LogP contribution in [0.3, 0.4) is 0 Å². The molecule has 2 heteroatoms. The van der Waals surface area contributed by atoms with Crippen molar-refractivity contribution in [3.8, 4) is 11.1 Å². The minimum atomic E-state index is -0.386. The molecule has 0 saturated carbocycles. The maximum absolute atomic E-state index is 4.51. The Bertz CT molecular complexity index is 1060. The van der Waals surface area contributed by atoms with Gasteiger partial charge in [-0.15, -0.1) is 25.3 Å². The van der Waals surface area contributed by atoms with E-state index < -0.39 is 0 Å². The molecule has 0 nitrogen and oxygen atoms in total. The van der Waals surface area contributed by atoms with E-state index in [2.05, 4.69) is 124 Å². The molecule has 194 valence electrons. The highest BCUT2D eigenvalue weighted by atomic mass is 32.1. The summed E-state index contributed by atoms with van der Waals surface area (Å²) < 4.78 is 0. The summed E-state index contributed by atoms with van der Waals surface area (Å²) in [4.78, 5) is 1.69. The van der Waals surface area contributed by atoms with Gasteiger partial charge in [-0.1, -0.05) is 135 Å². The van der Waals surface area contributed by atoms with Gasteiger partial charge in [0.25, 0.3) is 0 Å². The molecule has 0 bridgehead atoms. The van der Waals surface area contributed by atoms with E-state index in [0.29, 0.717) is 0 Å². The first-order valence-electron chi connectivity index (χ1n) is 13.3. The molecule has 0 saturated heterocycles. The van der Waals surface area contributed by atoms with Gasteiger partial charge in [-0.3, -0.25) is 0 Å². The van der Waals surface area contributed by atoms with Crippen LogP contribution in [0.5, 0.6) is 0 Å². The van der Waals surface area contributed by atoms with Crippen molar-refractivity contribution in [2.45, 2.75) is 72.6 Å². The van der Waals surface area contributed by atoms with Gasteiger partial charge in [0.1, 0.15) is 0 Å². The summed E-state index contributed by atoms with van der Waals surface area (Å²) in [6.45, 7) is 22.0. The molecule has 4 rings (SSSR count). The molecule has 1 aliphatic carbocycles. The number of rotatable bonds is 4. The third kappa shape index (κ3) is 7.08. The van der Waals surface area contributed by atoms with E-state index in [4.69, 9.17) is 0 Å². The summed E-state index contributed by atoms with van der Waals surface area (Å²) in [5.41, 5.74) is 7.20. The van der Waals surface area contributed by atoms with Crippen LogP contribution in [0.1, 0.15) is 79.0 Å². The van der Waals surface area contributed by atoms with Crippen molar-refractivity contribution < 1.29 is 0 Å². The monoisotopic (exact) mass is 518 g/mol. The van der Waals surface area contributed by atoms with Crippen LogP contribution in [-0.2, 0) is 5.41 Å². The number of hydrogen-bond donors (Lipinski definition) is 2. The first kappa shape index (κ1) is 33.6. The van der Waals surface area contributed by atoms with Crippen LogP contribution in [0.4, 0.5) is 0 Å². The van der Waals surface area contributed by atoms with E-state index >= 15 is 0 Å². The third-order valence-corrected chi connectivity index (χ3v) is 5.90. The maximum Gasteiger partial charge on any atom is 0.0710 e. The standard InChI is InChI=1S/C26H22S2.4C2H6/c1-3-19(13-12-18(2)27)26(20-14-16-21(28)17-15-20)24-10-6-4-8-22(24)23-9-5-7-11-25(23)26;4*1-2/h3-17,27-28H,2H2,1H3;4*1-2H3/b13-12-,19-3+;;;;. The van der Waals surface area contributed by atoms with E-state index in [9.17, 15) is 0 Å². The molecule has 0 heterocycles. The van der Waals surface area contributed by atoms with Crippen LogP contribution in [0.2, 0.25) is 0 Å². The molecule has 0 atom stereocenters. The maximum atomic E-state index is 4.51. The van der Waals surface area contributed by atoms with Crippen molar-refractivity contribution in [3.63, 3.8) is 0 Å². The second-order valence-electron chi connectivity index (χ2n) is 6.96. The van der Waals surface area contributed by atoms with Gasteiger partial charge in [0.2, 0.25) is 0 Å².